The number of benzene rings is 1. The van der Waals surface area contributed by atoms with E-state index in [0.29, 0.717) is 12.1 Å². The Morgan fingerprint density at radius 1 is 1.35 bits per heavy atom. The largest absolute Gasteiger partial charge is 0.490 e. The van der Waals surface area contributed by atoms with Crippen LogP contribution in [0.4, 0.5) is 0 Å². The van der Waals surface area contributed by atoms with Crippen LogP contribution in [0.3, 0.4) is 0 Å². The summed E-state index contributed by atoms with van der Waals surface area (Å²) >= 11 is 0. The van der Waals surface area contributed by atoms with Gasteiger partial charge in [-0.15, -0.1) is 0 Å². The molecule has 0 radical (unpaired) electrons. The van der Waals surface area contributed by atoms with E-state index in [2.05, 4.69) is 30.4 Å². The van der Waals surface area contributed by atoms with Crippen molar-refractivity contribution in [2.24, 2.45) is 0 Å². The highest BCUT2D eigenvalue weighted by atomic mass is 16.5. The van der Waals surface area contributed by atoms with Crippen molar-refractivity contribution in [1.29, 1.82) is 0 Å². The van der Waals surface area contributed by atoms with Crippen LogP contribution in [0.2, 0.25) is 0 Å². The number of hydrogen-bond acceptors (Lipinski definition) is 2. The zero-order valence-electron chi connectivity index (χ0n) is 10.5. The highest BCUT2D eigenvalue weighted by Crippen LogP contribution is 2.30. The Kier molecular flexibility index (Phi) is 3.06. The summed E-state index contributed by atoms with van der Waals surface area (Å²) in [6.45, 7) is 3.32. The molecule has 17 heavy (non-hydrogen) atoms. The summed E-state index contributed by atoms with van der Waals surface area (Å²) in [4.78, 5) is 0. The van der Waals surface area contributed by atoms with Gasteiger partial charge < -0.3 is 10.1 Å². The van der Waals surface area contributed by atoms with Crippen molar-refractivity contribution in [3.8, 4) is 5.75 Å². The minimum absolute atomic E-state index is 0.355. The first-order valence-electron chi connectivity index (χ1n) is 6.83. The van der Waals surface area contributed by atoms with E-state index >= 15 is 0 Å². The lowest BCUT2D eigenvalue weighted by Gasteiger charge is -2.23. The molecule has 2 atom stereocenters. The van der Waals surface area contributed by atoms with Crippen molar-refractivity contribution in [2.75, 3.05) is 6.54 Å². The van der Waals surface area contributed by atoms with Crippen molar-refractivity contribution >= 4 is 0 Å². The molecule has 2 heteroatoms. The van der Waals surface area contributed by atoms with Crippen LogP contribution in [0.15, 0.2) is 18.2 Å². The summed E-state index contributed by atoms with van der Waals surface area (Å²) < 4.78 is 5.82. The lowest BCUT2D eigenvalue weighted by Crippen LogP contribution is -2.35. The normalized spacial score (nSPS) is 27.6. The van der Waals surface area contributed by atoms with Gasteiger partial charge in [0.25, 0.3) is 0 Å². The minimum atomic E-state index is 0.355. The molecule has 1 aromatic rings. The monoisotopic (exact) mass is 231 g/mol. The molecule has 1 fully saturated rings. The number of ether oxygens (including phenoxy) is 1. The van der Waals surface area contributed by atoms with Crippen LogP contribution in [0.25, 0.3) is 0 Å². The molecule has 0 spiro atoms. The van der Waals surface area contributed by atoms with Gasteiger partial charge in [-0.1, -0.05) is 18.6 Å². The van der Waals surface area contributed by atoms with E-state index < -0.39 is 0 Å². The predicted molar refractivity (Wildman–Crippen MR) is 69.6 cm³/mol. The second-order valence-electron chi connectivity index (χ2n) is 5.43. The van der Waals surface area contributed by atoms with Gasteiger partial charge in [0.1, 0.15) is 11.9 Å². The van der Waals surface area contributed by atoms with Gasteiger partial charge >= 0.3 is 0 Å². The zero-order chi connectivity index (χ0) is 11.7. The number of nitrogens with one attached hydrogen (secondary N) is 1. The van der Waals surface area contributed by atoms with Crippen LogP contribution in [0.1, 0.15) is 37.3 Å². The third-order valence-corrected chi connectivity index (χ3v) is 3.86. The van der Waals surface area contributed by atoms with E-state index in [4.69, 9.17) is 4.74 Å². The van der Waals surface area contributed by atoms with Gasteiger partial charge in [0, 0.05) is 12.5 Å². The Morgan fingerprint density at radius 2 is 2.29 bits per heavy atom. The summed E-state index contributed by atoms with van der Waals surface area (Å²) in [6, 6.07) is 7.43. The summed E-state index contributed by atoms with van der Waals surface area (Å²) in [5.74, 6) is 1.12. The molecule has 1 N–H and O–H groups in total. The van der Waals surface area contributed by atoms with Gasteiger partial charge in [-0.25, -0.2) is 0 Å². The van der Waals surface area contributed by atoms with Gasteiger partial charge in [0.2, 0.25) is 0 Å². The van der Waals surface area contributed by atoms with Crippen LogP contribution >= 0.6 is 0 Å². The van der Waals surface area contributed by atoms with Crippen LogP contribution in [-0.4, -0.2) is 18.7 Å². The molecule has 0 saturated carbocycles. The Morgan fingerprint density at radius 3 is 3.12 bits per heavy atom. The van der Waals surface area contributed by atoms with Crippen LogP contribution in [-0.2, 0) is 12.8 Å². The average molecular weight is 231 g/mol. The quantitative estimate of drug-likeness (QED) is 0.845. The van der Waals surface area contributed by atoms with E-state index in [9.17, 15) is 0 Å². The van der Waals surface area contributed by atoms with E-state index in [1.54, 1.807) is 0 Å². The van der Waals surface area contributed by atoms with Crippen molar-refractivity contribution in [3.63, 3.8) is 0 Å². The maximum absolute atomic E-state index is 5.82. The number of hydrogen-bond donors (Lipinski definition) is 1. The zero-order valence-corrected chi connectivity index (χ0v) is 10.5. The van der Waals surface area contributed by atoms with Crippen LogP contribution in [0, 0.1) is 0 Å². The average Bonchev–Trinajstić information content (AvgIpc) is 2.70. The van der Waals surface area contributed by atoms with E-state index in [1.807, 2.05) is 0 Å². The molecule has 0 aromatic heterocycles. The van der Waals surface area contributed by atoms with E-state index in [1.165, 1.54) is 36.9 Å². The first-order valence-corrected chi connectivity index (χ1v) is 6.83. The molecule has 0 aliphatic carbocycles. The van der Waals surface area contributed by atoms with Crippen LogP contribution in [0.5, 0.6) is 5.75 Å². The van der Waals surface area contributed by atoms with E-state index in [0.717, 1.165) is 18.6 Å². The first-order chi connectivity index (χ1) is 8.31. The Balaban J connectivity index is 1.69. The molecule has 0 amide bonds. The molecule has 2 aliphatic rings. The Labute approximate surface area is 103 Å². The second-order valence-corrected chi connectivity index (χ2v) is 5.43. The van der Waals surface area contributed by atoms with Crippen molar-refractivity contribution in [2.45, 2.75) is 51.2 Å². The highest BCUT2D eigenvalue weighted by Gasteiger charge is 2.20. The lowest BCUT2D eigenvalue weighted by atomic mass is 9.97. The van der Waals surface area contributed by atoms with E-state index in [-0.39, 0.29) is 0 Å². The third kappa shape index (κ3) is 2.47. The molecule has 2 unspecified atom stereocenters. The molecule has 2 nitrogen and oxygen atoms in total. The fraction of sp³-hybridized carbons (Fsp3) is 0.600. The molecule has 92 valence electrons. The predicted octanol–water partition coefficient (Wildman–Crippen LogP) is 2.69. The molecular weight excluding hydrogens is 210 g/mol. The number of rotatable bonds is 2. The number of fused-ring (bicyclic) bond motifs is 1. The lowest BCUT2D eigenvalue weighted by molar-refractivity contribution is 0.254. The van der Waals surface area contributed by atoms with Gasteiger partial charge in [0.15, 0.2) is 0 Å². The summed E-state index contributed by atoms with van der Waals surface area (Å²) in [5.41, 5.74) is 2.79. The van der Waals surface area contributed by atoms with Crippen molar-refractivity contribution < 1.29 is 4.74 Å². The Bertz CT molecular complexity index is 396. The number of piperidine rings is 1. The van der Waals surface area contributed by atoms with Gasteiger partial charge in [-0.2, -0.15) is 0 Å². The molecule has 3 rings (SSSR count). The molecule has 2 aliphatic heterocycles. The molecular formula is C15H21NO. The molecule has 0 bridgehead atoms. The molecule has 1 aromatic carbocycles. The second kappa shape index (κ2) is 4.69. The minimum Gasteiger partial charge on any atom is -0.490 e. The molecule has 1 saturated heterocycles. The standard InChI is InChI=1S/C15H21NO/c1-11-8-13-6-5-12(10-15(13)17-11)9-14-4-2-3-7-16-14/h5-6,10-11,14,16H,2-4,7-9H2,1H3. The Hall–Kier alpha value is -1.02. The third-order valence-electron chi connectivity index (χ3n) is 3.86. The first kappa shape index (κ1) is 11.1. The van der Waals surface area contributed by atoms with Crippen LogP contribution < -0.4 is 10.1 Å². The van der Waals surface area contributed by atoms with Crippen molar-refractivity contribution in [1.82, 2.24) is 5.32 Å². The topological polar surface area (TPSA) is 21.3 Å². The SMILES string of the molecule is CC1Cc2ccc(CC3CCCCN3)cc2O1. The van der Waals surface area contributed by atoms with Gasteiger partial charge in [-0.3, -0.25) is 0 Å². The maximum atomic E-state index is 5.82. The summed E-state index contributed by atoms with van der Waals surface area (Å²) in [6.07, 6.45) is 6.58. The fourth-order valence-electron chi connectivity index (χ4n) is 2.96. The van der Waals surface area contributed by atoms with Crippen molar-refractivity contribution in [3.05, 3.63) is 29.3 Å². The highest BCUT2D eigenvalue weighted by molar-refractivity contribution is 5.41. The molecule has 2 heterocycles. The maximum Gasteiger partial charge on any atom is 0.123 e. The van der Waals surface area contributed by atoms with Gasteiger partial charge in [0.05, 0.1) is 0 Å². The smallest absolute Gasteiger partial charge is 0.123 e. The van der Waals surface area contributed by atoms with Gasteiger partial charge in [-0.05, 0) is 49.9 Å². The summed E-state index contributed by atoms with van der Waals surface area (Å²) in [7, 11) is 0. The summed E-state index contributed by atoms with van der Waals surface area (Å²) in [5, 5.41) is 3.60. The fourth-order valence-corrected chi connectivity index (χ4v) is 2.96.